The molecule has 0 saturated carbocycles. The fourth-order valence-electron chi connectivity index (χ4n) is 3.05. The zero-order valence-corrected chi connectivity index (χ0v) is 13.8. The van der Waals surface area contributed by atoms with Gasteiger partial charge in [0.15, 0.2) is 5.78 Å². The fraction of sp³-hybridized carbons (Fsp3) is 0.333. The third kappa shape index (κ3) is 2.40. The molecule has 0 N–H and O–H groups in total. The Balaban J connectivity index is 2.06. The maximum absolute atomic E-state index is 13.0. The Hall–Kier alpha value is -1.87. The largest absolute Gasteiger partial charge is 0.378 e. The minimum Gasteiger partial charge on any atom is -0.378 e. The topological polar surface area (TPSA) is 33.2 Å². The van der Waals surface area contributed by atoms with E-state index < -0.39 is 5.41 Å². The lowest BCUT2D eigenvalue weighted by Crippen LogP contribution is -2.38. The number of aromatic nitrogens is 1. The molecule has 0 radical (unpaired) electrons. The van der Waals surface area contributed by atoms with E-state index in [1.165, 1.54) is 0 Å². The third-order valence-corrected chi connectivity index (χ3v) is 4.76. The molecule has 0 saturated heterocycles. The molecule has 1 aromatic heterocycles. The highest BCUT2D eigenvalue weighted by molar-refractivity contribution is 6.29. The fourth-order valence-corrected chi connectivity index (χ4v) is 3.22. The SMILES string of the molecule is CN(C)c1cccc(C2(C)CCc3nc(Cl)ccc3C2=O)c1. The second-order valence-electron chi connectivity index (χ2n) is 6.23. The van der Waals surface area contributed by atoms with Gasteiger partial charge in [0.05, 0.1) is 11.1 Å². The molecule has 3 nitrogen and oxygen atoms in total. The van der Waals surface area contributed by atoms with Gasteiger partial charge in [-0.1, -0.05) is 23.7 Å². The van der Waals surface area contributed by atoms with Crippen LogP contribution in [0.25, 0.3) is 0 Å². The summed E-state index contributed by atoms with van der Waals surface area (Å²) in [7, 11) is 4.01. The van der Waals surface area contributed by atoms with E-state index in [1.54, 1.807) is 12.1 Å². The van der Waals surface area contributed by atoms with Gasteiger partial charge in [-0.25, -0.2) is 4.98 Å². The van der Waals surface area contributed by atoms with E-state index in [9.17, 15) is 4.79 Å². The quantitative estimate of drug-likeness (QED) is 0.789. The van der Waals surface area contributed by atoms with Crippen molar-refractivity contribution in [3.63, 3.8) is 0 Å². The first-order valence-corrected chi connectivity index (χ1v) is 7.78. The summed E-state index contributed by atoms with van der Waals surface area (Å²) < 4.78 is 0. The summed E-state index contributed by atoms with van der Waals surface area (Å²) in [6, 6.07) is 11.7. The molecular formula is C18H19ClN2O. The Morgan fingerprint density at radius 3 is 2.73 bits per heavy atom. The van der Waals surface area contributed by atoms with Crippen molar-refractivity contribution < 1.29 is 4.79 Å². The molecule has 4 heteroatoms. The molecule has 1 aliphatic carbocycles. The maximum atomic E-state index is 13.0. The zero-order valence-electron chi connectivity index (χ0n) is 13.1. The van der Waals surface area contributed by atoms with Gasteiger partial charge < -0.3 is 4.90 Å². The van der Waals surface area contributed by atoms with Crippen LogP contribution in [0.15, 0.2) is 36.4 Å². The minimum absolute atomic E-state index is 0.133. The summed E-state index contributed by atoms with van der Waals surface area (Å²) in [5.74, 6) is 0.133. The van der Waals surface area contributed by atoms with Gasteiger partial charge in [-0.05, 0) is 49.6 Å². The predicted octanol–water partition coefficient (Wildman–Crippen LogP) is 3.89. The van der Waals surface area contributed by atoms with Crippen molar-refractivity contribution in [2.24, 2.45) is 0 Å². The third-order valence-electron chi connectivity index (χ3n) is 4.55. The maximum Gasteiger partial charge on any atom is 0.174 e. The lowest BCUT2D eigenvalue weighted by Gasteiger charge is -2.34. The Morgan fingerprint density at radius 1 is 1.23 bits per heavy atom. The summed E-state index contributed by atoms with van der Waals surface area (Å²) in [5, 5.41) is 0.449. The monoisotopic (exact) mass is 314 g/mol. The van der Waals surface area contributed by atoms with Gasteiger partial charge in [0.1, 0.15) is 5.15 Å². The minimum atomic E-state index is -0.505. The molecule has 2 aromatic rings. The first kappa shape index (κ1) is 15.0. The molecule has 3 rings (SSSR count). The number of benzene rings is 1. The van der Waals surface area contributed by atoms with Crippen LogP contribution in [0.5, 0.6) is 0 Å². The van der Waals surface area contributed by atoms with Gasteiger partial charge in [-0.2, -0.15) is 0 Å². The first-order valence-electron chi connectivity index (χ1n) is 7.40. The first-order chi connectivity index (χ1) is 10.4. The summed E-state index contributed by atoms with van der Waals surface area (Å²) in [5.41, 5.74) is 3.18. The van der Waals surface area contributed by atoms with Gasteiger partial charge in [0.25, 0.3) is 0 Å². The summed E-state index contributed by atoms with van der Waals surface area (Å²) in [6.07, 6.45) is 1.52. The summed E-state index contributed by atoms with van der Waals surface area (Å²) in [4.78, 5) is 19.4. The van der Waals surface area contributed by atoms with Crippen LogP contribution in [0.2, 0.25) is 5.15 Å². The Bertz CT molecular complexity index is 742. The molecule has 0 aliphatic heterocycles. The van der Waals surface area contributed by atoms with Gasteiger partial charge in [0.2, 0.25) is 0 Å². The van der Waals surface area contributed by atoms with E-state index in [0.717, 1.165) is 29.8 Å². The van der Waals surface area contributed by atoms with E-state index in [0.29, 0.717) is 10.7 Å². The van der Waals surface area contributed by atoms with Crippen molar-refractivity contribution in [1.29, 1.82) is 0 Å². The van der Waals surface area contributed by atoms with E-state index in [4.69, 9.17) is 11.6 Å². The number of halogens is 1. The number of anilines is 1. The molecule has 1 aliphatic rings. The number of hydrogen-bond donors (Lipinski definition) is 0. The zero-order chi connectivity index (χ0) is 15.9. The summed E-state index contributed by atoms with van der Waals surface area (Å²) in [6.45, 7) is 2.03. The van der Waals surface area contributed by atoms with Crippen LogP contribution in [0.1, 0.15) is 35.0 Å². The highest BCUT2D eigenvalue weighted by Gasteiger charge is 2.40. The van der Waals surface area contributed by atoms with Crippen LogP contribution in [-0.2, 0) is 11.8 Å². The molecule has 1 unspecified atom stereocenters. The van der Waals surface area contributed by atoms with Crippen molar-refractivity contribution in [3.05, 3.63) is 58.4 Å². The van der Waals surface area contributed by atoms with E-state index in [1.807, 2.05) is 33.2 Å². The average molecular weight is 315 g/mol. The number of nitrogens with zero attached hydrogens (tertiary/aromatic N) is 2. The highest BCUT2D eigenvalue weighted by atomic mass is 35.5. The standard InChI is InChI=1S/C18H19ClN2O/c1-18(12-5-4-6-13(11-12)21(2)3)10-9-15-14(17(18)22)7-8-16(19)20-15/h4-8,11H,9-10H2,1-3H3. The molecular weight excluding hydrogens is 296 g/mol. The molecule has 1 atom stereocenters. The number of carbonyl (C=O) groups excluding carboxylic acids is 1. The molecule has 22 heavy (non-hydrogen) atoms. The van der Waals surface area contributed by atoms with Gasteiger partial charge >= 0.3 is 0 Å². The van der Waals surface area contributed by atoms with Crippen LogP contribution < -0.4 is 4.90 Å². The number of hydrogen-bond acceptors (Lipinski definition) is 3. The molecule has 1 heterocycles. The van der Waals surface area contributed by atoms with Crippen LogP contribution in [0, 0.1) is 0 Å². The number of ketones is 1. The van der Waals surface area contributed by atoms with Crippen LogP contribution >= 0.6 is 11.6 Å². The van der Waals surface area contributed by atoms with Gasteiger partial charge in [-0.15, -0.1) is 0 Å². The molecule has 114 valence electrons. The molecule has 0 bridgehead atoms. The van der Waals surface area contributed by atoms with Crippen molar-refractivity contribution in [2.75, 3.05) is 19.0 Å². The Labute approximate surface area is 135 Å². The van der Waals surface area contributed by atoms with Crippen LogP contribution in [0.4, 0.5) is 5.69 Å². The van der Waals surface area contributed by atoms with Crippen molar-refractivity contribution in [3.8, 4) is 0 Å². The Kier molecular flexibility index (Phi) is 3.69. The molecule has 0 spiro atoms. The highest BCUT2D eigenvalue weighted by Crippen LogP contribution is 2.39. The van der Waals surface area contributed by atoms with Gasteiger partial charge in [0, 0.05) is 25.3 Å². The van der Waals surface area contributed by atoms with Crippen LogP contribution in [0.3, 0.4) is 0 Å². The lowest BCUT2D eigenvalue weighted by molar-refractivity contribution is 0.0874. The van der Waals surface area contributed by atoms with E-state index >= 15 is 0 Å². The number of aryl methyl sites for hydroxylation is 1. The predicted molar refractivity (Wildman–Crippen MR) is 90.0 cm³/mol. The summed E-state index contributed by atoms with van der Waals surface area (Å²) >= 11 is 5.94. The number of fused-ring (bicyclic) bond motifs is 1. The number of Topliss-reactive ketones (excluding diaryl/α,β-unsaturated/α-hetero) is 1. The second kappa shape index (κ2) is 5.40. The number of pyridine rings is 1. The number of rotatable bonds is 2. The molecule has 0 fully saturated rings. The van der Waals surface area contributed by atoms with E-state index in [-0.39, 0.29) is 5.78 Å². The van der Waals surface area contributed by atoms with Crippen LogP contribution in [-0.4, -0.2) is 24.9 Å². The lowest BCUT2D eigenvalue weighted by atomic mass is 9.69. The molecule has 1 aromatic carbocycles. The van der Waals surface area contributed by atoms with Crippen molar-refractivity contribution in [1.82, 2.24) is 4.98 Å². The van der Waals surface area contributed by atoms with Crippen molar-refractivity contribution in [2.45, 2.75) is 25.2 Å². The normalized spacial score (nSPS) is 20.6. The molecule has 0 amide bonds. The van der Waals surface area contributed by atoms with E-state index in [2.05, 4.69) is 22.0 Å². The number of carbonyl (C=O) groups is 1. The van der Waals surface area contributed by atoms with Gasteiger partial charge in [-0.3, -0.25) is 4.79 Å². The Morgan fingerprint density at radius 2 is 2.00 bits per heavy atom. The average Bonchev–Trinajstić information content (AvgIpc) is 2.51. The van der Waals surface area contributed by atoms with Crippen molar-refractivity contribution >= 4 is 23.1 Å². The smallest absolute Gasteiger partial charge is 0.174 e. The second-order valence-corrected chi connectivity index (χ2v) is 6.62.